The highest BCUT2D eigenvalue weighted by Crippen LogP contribution is 2.28. The van der Waals surface area contributed by atoms with E-state index in [2.05, 4.69) is 4.90 Å². The molecule has 4 nitrogen and oxygen atoms in total. The number of amides is 1. The van der Waals surface area contributed by atoms with Crippen LogP contribution in [0.4, 0.5) is 5.69 Å². The van der Waals surface area contributed by atoms with E-state index in [0.717, 1.165) is 34.8 Å². The van der Waals surface area contributed by atoms with Gasteiger partial charge >= 0.3 is 0 Å². The molecule has 24 heavy (non-hydrogen) atoms. The summed E-state index contributed by atoms with van der Waals surface area (Å²) in [6.07, 6.45) is 2.02. The van der Waals surface area contributed by atoms with Crippen molar-refractivity contribution in [3.63, 3.8) is 0 Å². The normalized spacial score (nSPS) is 14.8. The number of phenols is 1. The van der Waals surface area contributed by atoms with Crippen LogP contribution in [0.15, 0.2) is 47.4 Å². The third kappa shape index (κ3) is 3.36. The number of aryl methyl sites for hydroxylation is 1. The number of phenolic OH excluding ortho intramolecular Hbond substituents is 1. The maximum atomic E-state index is 12.8. The van der Waals surface area contributed by atoms with Gasteiger partial charge in [-0.1, -0.05) is 18.2 Å². The molecule has 0 aromatic heterocycles. The van der Waals surface area contributed by atoms with Crippen molar-refractivity contribution in [3.8, 4) is 5.75 Å². The lowest BCUT2D eigenvalue weighted by molar-refractivity contribution is 0.0745. The minimum Gasteiger partial charge on any atom is -0.506 e. The molecule has 1 N–H and O–H groups in total. The Labute approximate surface area is 147 Å². The van der Waals surface area contributed by atoms with Crippen LogP contribution >= 0.6 is 11.8 Å². The number of benzene rings is 2. The van der Waals surface area contributed by atoms with Crippen LogP contribution in [-0.4, -0.2) is 48.3 Å². The summed E-state index contributed by atoms with van der Waals surface area (Å²) < 4.78 is 0. The minimum atomic E-state index is 0.0975. The maximum Gasteiger partial charge on any atom is 0.254 e. The second-order valence-electron chi connectivity index (χ2n) is 5.95. The van der Waals surface area contributed by atoms with Gasteiger partial charge in [0.2, 0.25) is 0 Å². The van der Waals surface area contributed by atoms with Gasteiger partial charge < -0.3 is 14.9 Å². The van der Waals surface area contributed by atoms with E-state index in [0.29, 0.717) is 18.8 Å². The number of piperazine rings is 1. The third-order valence-corrected chi connectivity index (χ3v) is 5.19. The molecule has 1 heterocycles. The van der Waals surface area contributed by atoms with E-state index in [1.807, 2.05) is 54.5 Å². The van der Waals surface area contributed by atoms with Gasteiger partial charge in [-0.05, 0) is 43.0 Å². The Morgan fingerprint density at radius 2 is 1.79 bits per heavy atom. The van der Waals surface area contributed by atoms with Gasteiger partial charge in [0.15, 0.2) is 0 Å². The lowest BCUT2D eigenvalue weighted by atomic mass is 10.1. The van der Waals surface area contributed by atoms with Crippen LogP contribution in [0.5, 0.6) is 5.75 Å². The molecule has 1 fully saturated rings. The number of anilines is 1. The Kier molecular flexibility index (Phi) is 5.00. The Bertz CT molecular complexity index is 740. The van der Waals surface area contributed by atoms with Gasteiger partial charge in [-0.15, -0.1) is 11.8 Å². The van der Waals surface area contributed by atoms with E-state index in [-0.39, 0.29) is 5.91 Å². The molecule has 1 aliphatic rings. The summed E-state index contributed by atoms with van der Waals surface area (Å²) in [6, 6.07) is 13.4. The third-order valence-electron chi connectivity index (χ3n) is 4.46. The molecule has 0 spiro atoms. The Hall–Kier alpha value is -2.14. The number of thioether (sulfide) groups is 1. The Morgan fingerprint density at radius 1 is 1.08 bits per heavy atom. The molecule has 126 valence electrons. The lowest BCUT2D eigenvalue weighted by Gasteiger charge is -2.36. The molecule has 1 amide bonds. The molecule has 3 rings (SSSR count). The van der Waals surface area contributed by atoms with Crippen LogP contribution in [0.1, 0.15) is 15.9 Å². The first kappa shape index (κ1) is 16.7. The highest BCUT2D eigenvalue weighted by molar-refractivity contribution is 7.98. The van der Waals surface area contributed by atoms with Crippen molar-refractivity contribution in [2.24, 2.45) is 0 Å². The second kappa shape index (κ2) is 7.18. The standard InChI is InChI=1S/C19H22N2O2S/c1-14-7-8-15(24-2)13-16(14)19(23)21-11-9-20(10-12-21)17-5-3-4-6-18(17)22/h3-8,13,22H,9-12H2,1-2H3. The fourth-order valence-electron chi connectivity index (χ4n) is 3.01. The first-order valence-corrected chi connectivity index (χ1v) is 9.29. The predicted octanol–water partition coefficient (Wildman–Crippen LogP) is 3.38. The van der Waals surface area contributed by atoms with Crippen LogP contribution in [0.3, 0.4) is 0 Å². The molecule has 1 saturated heterocycles. The highest BCUT2D eigenvalue weighted by atomic mass is 32.2. The number of para-hydroxylation sites is 2. The summed E-state index contributed by atoms with van der Waals surface area (Å²) in [7, 11) is 0. The summed E-state index contributed by atoms with van der Waals surface area (Å²) in [5.74, 6) is 0.390. The summed E-state index contributed by atoms with van der Waals surface area (Å²) >= 11 is 1.65. The number of hydrogen-bond donors (Lipinski definition) is 1. The van der Waals surface area contributed by atoms with E-state index in [9.17, 15) is 9.90 Å². The Morgan fingerprint density at radius 3 is 2.46 bits per heavy atom. The van der Waals surface area contributed by atoms with Crippen molar-refractivity contribution in [3.05, 3.63) is 53.6 Å². The maximum absolute atomic E-state index is 12.8. The van der Waals surface area contributed by atoms with E-state index < -0.39 is 0 Å². The molecule has 0 saturated carbocycles. The summed E-state index contributed by atoms with van der Waals surface area (Å²) in [6.45, 7) is 4.76. The highest BCUT2D eigenvalue weighted by Gasteiger charge is 2.24. The molecule has 5 heteroatoms. The van der Waals surface area contributed by atoms with E-state index in [1.165, 1.54) is 0 Å². The molecule has 0 aliphatic carbocycles. The molecule has 0 bridgehead atoms. The van der Waals surface area contributed by atoms with Gasteiger partial charge in [0.05, 0.1) is 5.69 Å². The van der Waals surface area contributed by atoms with Gasteiger partial charge in [-0.3, -0.25) is 4.79 Å². The van der Waals surface area contributed by atoms with Crippen molar-refractivity contribution in [1.82, 2.24) is 4.90 Å². The lowest BCUT2D eigenvalue weighted by Crippen LogP contribution is -2.49. The molecule has 2 aromatic rings. The van der Waals surface area contributed by atoms with Gasteiger partial charge in [-0.25, -0.2) is 0 Å². The van der Waals surface area contributed by atoms with Crippen LogP contribution in [-0.2, 0) is 0 Å². The van der Waals surface area contributed by atoms with Crippen LogP contribution in [0, 0.1) is 6.92 Å². The monoisotopic (exact) mass is 342 g/mol. The first-order chi connectivity index (χ1) is 11.6. The fourth-order valence-corrected chi connectivity index (χ4v) is 3.45. The van der Waals surface area contributed by atoms with Crippen molar-refractivity contribution < 1.29 is 9.90 Å². The zero-order valence-electron chi connectivity index (χ0n) is 14.0. The van der Waals surface area contributed by atoms with Crippen molar-refractivity contribution in [1.29, 1.82) is 0 Å². The zero-order chi connectivity index (χ0) is 17.1. The van der Waals surface area contributed by atoms with Gasteiger partial charge in [0.1, 0.15) is 5.75 Å². The van der Waals surface area contributed by atoms with Gasteiger partial charge in [0, 0.05) is 36.6 Å². The molecule has 2 aromatic carbocycles. The second-order valence-corrected chi connectivity index (χ2v) is 6.83. The van der Waals surface area contributed by atoms with E-state index in [1.54, 1.807) is 17.8 Å². The van der Waals surface area contributed by atoms with E-state index in [4.69, 9.17) is 0 Å². The topological polar surface area (TPSA) is 43.8 Å². The quantitative estimate of drug-likeness (QED) is 0.869. The van der Waals surface area contributed by atoms with E-state index >= 15 is 0 Å². The van der Waals surface area contributed by atoms with Crippen molar-refractivity contribution in [2.75, 3.05) is 37.3 Å². The largest absolute Gasteiger partial charge is 0.506 e. The molecule has 0 unspecified atom stereocenters. The minimum absolute atomic E-state index is 0.0975. The predicted molar refractivity (Wildman–Crippen MR) is 99.2 cm³/mol. The van der Waals surface area contributed by atoms with Gasteiger partial charge in [-0.2, -0.15) is 0 Å². The first-order valence-electron chi connectivity index (χ1n) is 8.07. The van der Waals surface area contributed by atoms with Crippen LogP contribution < -0.4 is 4.90 Å². The summed E-state index contributed by atoms with van der Waals surface area (Å²) in [5.41, 5.74) is 2.64. The molecule has 0 atom stereocenters. The summed E-state index contributed by atoms with van der Waals surface area (Å²) in [4.78, 5) is 18.0. The molecule has 0 radical (unpaired) electrons. The summed E-state index contributed by atoms with van der Waals surface area (Å²) in [5, 5.41) is 9.99. The number of carbonyl (C=O) groups is 1. The Balaban J connectivity index is 1.71. The number of aromatic hydroxyl groups is 1. The average molecular weight is 342 g/mol. The molecule has 1 aliphatic heterocycles. The molecular weight excluding hydrogens is 320 g/mol. The fraction of sp³-hybridized carbons (Fsp3) is 0.316. The average Bonchev–Trinajstić information content (AvgIpc) is 2.62. The van der Waals surface area contributed by atoms with Gasteiger partial charge in [0.25, 0.3) is 5.91 Å². The zero-order valence-corrected chi connectivity index (χ0v) is 14.8. The van der Waals surface area contributed by atoms with Crippen LogP contribution in [0.2, 0.25) is 0 Å². The number of hydrogen-bond acceptors (Lipinski definition) is 4. The number of rotatable bonds is 3. The smallest absolute Gasteiger partial charge is 0.254 e. The SMILES string of the molecule is CSc1ccc(C)c(C(=O)N2CCN(c3ccccc3O)CC2)c1. The van der Waals surface area contributed by atoms with Crippen LogP contribution in [0.25, 0.3) is 0 Å². The number of carbonyl (C=O) groups excluding carboxylic acids is 1. The molecular formula is C19H22N2O2S. The van der Waals surface area contributed by atoms with Crippen molar-refractivity contribution in [2.45, 2.75) is 11.8 Å². The van der Waals surface area contributed by atoms with Crippen molar-refractivity contribution >= 4 is 23.4 Å². The number of nitrogens with zero attached hydrogens (tertiary/aromatic N) is 2.